The maximum absolute atomic E-state index is 12.2. The van der Waals surface area contributed by atoms with E-state index in [0.717, 1.165) is 10.0 Å². The second-order valence-electron chi connectivity index (χ2n) is 4.68. The topological polar surface area (TPSA) is 72.9 Å². The van der Waals surface area contributed by atoms with Crippen molar-refractivity contribution in [2.75, 3.05) is 0 Å². The Balaban J connectivity index is 2.06. The number of nitrogens with two attached hydrogens (primary N) is 1. The van der Waals surface area contributed by atoms with Crippen LogP contribution in [0.5, 0.6) is 0 Å². The number of aryl methyl sites for hydroxylation is 1. The first kappa shape index (κ1) is 14.7. The predicted octanol–water partition coefficient (Wildman–Crippen LogP) is 2.06. The van der Waals surface area contributed by atoms with Crippen LogP contribution in [0.1, 0.15) is 30.1 Å². The van der Waals surface area contributed by atoms with Crippen molar-refractivity contribution >= 4 is 21.8 Å². The van der Waals surface area contributed by atoms with Crippen LogP contribution in [-0.4, -0.2) is 15.7 Å². The van der Waals surface area contributed by atoms with Crippen molar-refractivity contribution in [2.24, 2.45) is 12.8 Å². The summed E-state index contributed by atoms with van der Waals surface area (Å²) >= 11 is 3.48. The molecule has 6 heteroatoms. The molecule has 1 aromatic heterocycles. The molecular weight excluding hydrogens is 320 g/mol. The molecule has 2 rings (SSSR count). The third-order valence-corrected chi connectivity index (χ3v) is 3.82. The molecule has 2 atom stereocenters. The SMILES string of the molecule is C[C@@H](NC(=O)C(N)c1cnn(C)c1)c1ccccc1Br. The predicted molar refractivity (Wildman–Crippen MR) is 80.8 cm³/mol. The number of aromatic nitrogens is 2. The molecule has 1 heterocycles. The van der Waals surface area contributed by atoms with E-state index in [4.69, 9.17) is 5.73 Å². The van der Waals surface area contributed by atoms with Gasteiger partial charge in [-0.2, -0.15) is 5.10 Å². The summed E-state index contributed by atoms with van der Waals surface area (Å²) in [5.74, 6) is -0.221. The minimum absolute atomic E-state index is 0.124. The van der Waals surface area contributed by atoms with E-state index in [1.54, 1.807) is 24.1 Å². The summed E-state index contributed by atoms with van der Waals surface area (Å²) < 4.78 is 2.59. The fourth-order valence-electron chi connectivity index (χ4n) is 1.96. The summed E-state index contributed by atoms with van der Waals surface area (Å²) in [7, 11) is 1.79. The van der Waals surface area contributed by atoms with E-state index in [-0.39, 0.29) is 11.9 Å². The first-order chi connectivity index (χ1) is 9.49. The van der Waals surface area contributed by atoms with Crippen molar-refractivity contribution in [3.63, 3.8) is 0 Å². The number of hydrogen-bond donors (Lipinski definition) is 2. The average molecular weight is 337 g/mol. The summed E-state index contributed by atoms with van der Waals surface area (Å²) in [6.07, 6.45) is 3.35. The quantitative estimate of drug-likeness (QED) is 0.897. The van der Waals surface area contributed by atoms with Gasteiger partial charge in [-0.3, -0.25) is 9.48 Å². The normalized spacial score (nSPS) is 13.8. The first-order valence-electron chi connectivity index (χ1n) is 6.28. The molecule has 0 aliphatic heterocycles. The highest BCUT2D eigenvalue weighted by Crippen LogP contribution is 2.23. The minimum atomic E-state index is -0.714. The second kappa shape index (κ2) is 6.19. The zero-order valence-electron chi connectivity index (χ0n) is 11.4. The van der Waals surface area contributed by atoms with Crippen LogP contribution in [-0.2, 0) is 11.8 Å². The monoisotopic (exact) mass is 336 g/mol. The Labute approximate surface area is 126 Å². The molecule has 0 saturated carbocycles. The van der Waals surface area contributed by atoms with Gasteiger partial charge in [0.25, 0.3) is 0 Å². The van der Waals surface area contributed by atoms with Gasteiger partial charge in [0.05, 0.1) is 12.2 Å². The van der Waals surface area contributed by atoms with Crippen LogP contribution < -0.4 is 11.1 Å². The smallest absolute Gasteiger partial charge is 0.242 e. The van der Waals surface area contributed by atoms with Gasteiger partial charge in [-0.1, -0.05) is 34.1 Å². The molecule has 0 fully saturated rings. The van der Waals surface area contributed by atoms with Crippen LogP contribution in [0.3, 0.4) is 0 Å². The van der Waals surface area contributed by atoms with Gasteiger partial charge in [-0.15, -0.1) is 0 Å². The zero-order chi connectivity index (χ0) is 14.7. The molecule has 20 heavy (non-hydrogen) atoms. The number of nitrogens with zero attached hydrogens (tertiary/aromatic N) is 2. The summed E-state index contributed by atoms with van der Waals surface area (Å²) in [5, 5.41) is 6.93. The Morgan fingerprint density at radius 2 is 2.15 bits per heavy atom. The third kappa shape index (κ3) is 3.26. The standard InChI is InChI=1S/C14H17BrN4O/c1-9(11-5-3-4-6-12(11)15)18-14(20)13(16)10-7-17-19(2)8-10/h3-9,13H,16H2,1-2H3,(H,18,20)/t9-,13?/m1/s1. The first-order valence-corrected chi connectivity index (χ1v) is 7.07. The lowest BCUT2D eigenvalue weighted by atomic mass is 10.1. The minimum Gasteiger partial charge on any atom is -0.348 e. The number of benzene rings is 1. The molecule has 3 N–H and O–H groups in total. The van der Waals surface area contributed by atoms with Crippen molar-refractivity contribution < 1.29 is 4.79 Å². The van der Waals surface area contributed by atoms with Gasteiger partial charge >= 0.3 is 0 Å². The summed E-state index contributed by atoms with van der Waals surface area (Å²) in [5.41, 5.74) is 7.65. The number of hydrogen-bond acceptors (Lipinski definition) is 3. The van der Waals surface area contributed by atoms with Crippen molar-refractivity contribution in [3.05, 3.63) is 52.3 Å². The van der Waals surface area contributed by atoms with Crippen molar-refractivity contribution in [1.29, 1.82) is 0 Å². The van der Waals surface area contributed by atoms with Crippen molar-refractivity contribution in [1.82, 2.24) is 15.1 Å². The number of carbonyl (C=O) groups is 1. The van der Waals surface area contributed by atoms with E-state index in [9.17, 15) is 4.79 Å². The molecule has 1 unspecified atom stereocenters. The molecule has 0 bridgehead atoms. The molecule has 0 spiro atoms. The molecule has 0 aliphatic carbocycles. The Kier molecular flexibility index (Phi) is 4.57. The summed E-state index contributed by atoms with van der Waals surface area (Å²) in [6, 6.07) is 6.94. The molecule has 1 aromatic carbocycles. The second-order valence-corrected chi connectivity index (χ2v) is 5.53. The molecule has 106 valence electrons. The molecule has 0 aliphatic rings. The zero-order valence-corrected chi connectivity index (χ0v) is 13.0. The Hall–Kier alpha value is -1.66. The summed E-state index contributed by atoms with van der Waals surface area (Å²) in [6.45, 7) is 1.92. The van der Waals surface area contributed by atoms with Crippen LogP contribution in [0.15, 0.2) is 41.1 Å². The van der Waals surface area contributed by atoms with Crippen LogP contribution >= 0.6 is 15.9 Å². The van der Waals surface area contributed by atoms with Crippen LogP contribution in [0.25, 0.3) is 0 Å². The van der Waals surface area contributed by atoms with Gasteiger partial charge in [0.15, 0.2) is 0 Å². The third-order valence-electron chi connectivity index (χ3n) is 3.10. The van der Waals surface area contributed by atoms with E-state index in [2.05, 4.69) is 26.3 Å². The molecule has 5 nitrogen and oxygen atoms in total. The lowest BCUT2D eigenvalue weighted by Gasteiger charge is -2.18. The molecular formula is C14H17BrN4O. The van der Waals surface area contributed by atoms with Crippen molar-refractivity contribution in [3.8, 4) is 0 Å². The fraction of sp³-hybridized carbons (Fsp3) is 0.286. The molecule has 0 radical (unpaired) electrons. The van der Waals surface area contributed by atoms with E-state index in [1.807, 2.05) is 31.2 Å². The maximum atomic E-state index is 12.2. The Morgan fingerprint density at radius 3 is 2.75 bits per heavy atom. The highest BCUT2D eigenvalue weighted by Gasteiger charge is 2.20. The summed E-state index contributed by atoms with van der Waals surface area (Å²) in [4.78, 5) is 12.2. The lowest BCUT2D eigenvalue weighted by Crippen LogP contribution is -2.35. The highest BCUT2D eigenvalue weighted by atomic mass is 79.9. The van der Waals surface area contributed by atoms with Gasteiger partial charge in [-0.05, 0) is 18.6 Å². The van der Waals surface area contributed by atoms with Gasteiger partial charge in [-0.25, -0.2) is 0 Å². The van der Waals surface area contributed by atoms with E-state index < -0.39 is 6.04 Å². The lowest BCUT2D eigenvalue weighted by molar-refractivity contribution is -0.123. The van der Waals surface area contributed by atoms with E-state index in [0.29, 0.717) is 5.56 Å². The van der Waals surface area contributed by atoms with E-state index >= 15 is 0 Å². The largest absolute Gasteiger partial charge is 0.348 e. The van der Waals surface area contributed by atoms with Crippen molar-refractivity contribution in [2.45, 2.75) is 19.0 Å². The maximum Gasteiger partial charge on any atom is 0.242 e. The highest BCUT2D eigenvalue weighted by molar-refractivity contribution is 9.10. The average Bonchev–Trinajstić information content (AvgIpc) is 2.84. The molecule has 1 amide bonds. The Morgan fingerprint density at radius 1 is 1.45 bits per heavy atom. The van der Waals surface area contributed by atoms with Gasteiger partial charge < -0.3 is 11.1 Å². The van der Waals surface area contributed by atoms with Crippen LogP contribution in [0.2, 0.25) is 0 Å². The number of nitrogens with one attached hydrogen (secondary N) is 1. The fourth-order valence-corrected chi connectivity index (χ4v) is 2.59. The van der Waals surface area contributed by atoms with Crippen LogP contribution in [0, 0.1) is 0 Å². The number of amides is 1. The number of rotatable bonds is 4. The van der Waals surface area contributed by atoms with Gasteiger partial charge in [0.2, 0.25) is 5.91 Å². The number of carbonyl (C=O) groups excluding carboxylic acids is 1. The van der Waals surface area contributed by atoms with Gasteiger partial charge in [0, 0.05) is 23.3 Å². The van der Waals surface area contributed by atoms with Crippen LogP contribution in [0.4, 0.5) is 0 Å². The number of halogens is 1. The van der Waals surface area contributed by atoms with Gasteiger partial charge in [0.1, 0.15) is 6.04 Å². The molecule has 2 aromatic rings. The molecule has 0 saturated heterocycles. The van der Waals surface area contributed by atoms with E-state index in [1.165, 1.54) is 0 Å². The Bertz CT molecular complexity index is 611.